The van der Waals surface area contributed by atoms with Crippen LogP contribution >= 0.6 is 0 Å². The minimum Gasteiger partial charge on any atom is -0.207 e. The van der Waals surface area contributed by atoms with Crippen LogP contribution < -0.4 is 4.72 Å². The van der Waals surface area contributed by atoms with Crippen molar-refractivity contribution >= 4 is 10.0 Å². The van der Waals surface area contributed by atoms with Gasteiger partial charge in [-0.15, -0.1) is 0 Å². The van der Waals surface area contributed by atoms with Crippen molar-refractivity contribution in [2.75, 3.05) is 0 Å². The van der Waals surface area contributed by atoms with E-state index < -0.39 is 15.6 Å². The van der Waals surface area contributed by atoms with Crippen LogP contribution in [0.1, 0.15) is 46.6 Å². The van der Waals surface area contributed by atoms with Gasteiger partial charge in [-0.25, -0.2) is 13.1 Å². The van der Waals surface area contributed by atoms with Crippen molar-refractivity contribution in [3.8, 4) is 0 Å². The van der Waals surface area contributed by atoms with Crippen molar-refractivity contribution in [3.05, 3.63) is 29.8 Å². The summed E-state index contributed by atoms with van der Waals surface area (Å²) >= 11 is 0. The summed E-state index contributed by atoms with van der Waals surface area (Å²) in [6.07, 6.45) is 0.769. The highest BCUT2D eigenvalue weighted by molar-refractivity contribution is 7.89. The van der Waals surface area contributed by atoms with Crippen LogP contribution in [0.3, 0.4) is 0 Å². The van der Waals surface area contributed by atoms with Gasteiger partial charge >= 0.3 is 0 Å². The summed E-state index contributed by atoms with van der Waals surface area (Å²) < 4.78 is 27.5. The Bertz CT molecular complexity index is 522. The Hall–Kier alpha value is -0.870. The number of benzene rings is 1. The zero-order valence-electron chi connectivity index (χ0n) is 12.7. The summed E-state index contributed by atoms with van der Waals surface area (Å²) in [7, 11) is -3.46. The molecule has 0 saturated carbocycles. The molecule has 1 rings (SSSR count). The molecule has 108 valence electrons. The van der Waals surface area contributed by atoms with Gasteiger partial charge in [0.2, 0.25) is 10.0 Å². The van der Waals surface area contributed by atoms with Gasteiger partial charge < -0.3 is 0 Å². The summed E-state index contributed by atoms with van der Waals surface area (Å²) in [5.74, 6) is 0. The molecule has 0 bridgehead atoms. The molecule has 0 atom stereocenters. The molecule has 0 fully saturated rings. The van der Waals surface area contributed by atoms with Crippen LogP contribution in [0.2, 0.25) is 0 Å². The summed E-state index contributed by atoms with van der Waals surface area (Å²) in [5.41, 5.74) is 0.647. The predicted molar refractivity (Wildman–Crippen MR) is 79.7 cm³/mol. The lowest BCUT2D eigenvalue weighted by molar-refractivity contribution is 0.269. The van der Waals surface area contributed by atoms with E-state index in [1.807, 2.05) is 32.9 Å². The van der Waals surface area contributed by atoms with Gasteiger partial charge in [0.1, 0.15) is 0 Å². The summed E-state index contributed by atoms with van der Waals surface area (Å²) in [4.78, 5) is 0.320. The smallest absolute Gasteiger partial charge is 0.207 e. The van der Waals surface area contributed by atoms with Gasteiger partial charge in [-0.3, -0.25) is 0 Å². The second-order valence-electron chi connectivity index (χ2n) is 7.04. The molecule has 0 amide bonds. The number of rotatable bonds is 4. The Morgan fingerprint density at radius 3 is 1.89 bits per heavy atom. The third-order valence-corrected chi connectivity index (χ3v) is 4.43. The highest BCUT2D eigenvalue weighted by Crippen LogP contribution is 2.28. The number of sulfonamides is 1. The maximum absolute atomic E-state index is 12.3. The van der Waals surface area contributed by atoms with Crippen molar-refractivity contribution in [2.45, 2.75) is 58.4 Å². The zero-order chi connectivity index (χ0) is 14.9. The monoisotopic (exact) mass is 283 g/mol. The van der Waals surface area contributed by atoms with Crippen LogP contribution in [0.25, 0.3) is 0 Å². The molecule has 0 heterocycles. The maximum Gasteiger partial charge on any atom is 0.241 e. The Balaban J connectivity index is 2.94. The molecule has 0 spiro atoms. The lowest BCUT2D eigenvalue weighted by atomic mass is 9.82. The standard InChI is InChI=1S/C15H25NO2S/c1-12-7-9-13(10-8-12)19(17,18)16-15(5,6)11-14(2,3)4/h7-10,16H,11H2,1-6H3. The maximum atomic E-state index is 12.3. The first-order valence-corrected chi connectivity index (χ1v) is 8.00. The molecular formula is C15H25NO2S. The molecule has 0 radical (unpaired) electrons. The molecule has 0 aliphatic carbocycles. The molecular weight excluding hydrogens is 258 g/mol. The van der Waals surface area contributed by atoms with E-state index in [4.69, 9.17) is 0 Å². The number of nitrogens with one attached hydrogen (secondary N) is 1. The van der Waals surface area contributed by atoms with Crippen molar-refractivity contribution in [3.63, 3.8) is 0 Å². The highest BCUT2D eigenvalue weighted by atomic mass is 32.2. The highest BCUT2D eigenvalue weighted by Gasteiger charge is 2.30. The van der Waals surface area contributed by atoms with Crippen LogP contribution in [0, 0.1) is 12.3 Å². The van der Waals surface area contributed by atoms with Gasteiger partial charge in [0.15, 0.2) is 0 Å². The quantitative estimate of drug-likeness (QED) is 0.919. The van der Waals surface area contributed by atoms with E-state index in [0.717, 1.165) is 12.0 Å². The average Bonchev–Trinajstić information content (AvgIpc) is 2.11. The first-order valence-electron chi connectivity index (χ1n) is 6.52. The largest absolute Gasteiger partial charge is 0.241 e. The van der Waals surface area contributed by atoms with Gasteiger partial charge in [0.25, 0.3) is 0 Å². The first-order chi connectivity index (χ1) is 8.41. The lowest BCUT2D eigenvalue weighted by Crippen LogP contribution is -2.45. The molecule has 4 heteroatoms. The Morgan fingerprint density at radius 1 is 1.00 bits per heavy atom. The van der Waals surface area contributed by atoms with E-state index in [-0.39, 0.29) is 5.41 Å². The molecule has 1 aromatic carbocycles. The average molecular weight is 283 g/mol. The number of hydrogen-bond donors (Lipinski definition) is 1. The van der Waals surface area contributed by atoms with Crippen molar-refractivity contribution in [1.29, 1.82) is 0 Å². The molecule has 0 unspecified atom stereocenters. The molecule has 19 heavy (non-hydrogen) atoms. The second-order valence-corrected chi connectivity index (χ2v) is 8.72. The molecule has 1 aromatic rings. The fourth-order valence-corrected chi connectivity index (χ4v) is 3.91. The molecule has 0 aliphatic heterocycles. The fraction of sp³-hybridized carbons (Fsp3) is 0.600. The van der Waals surface area contributed by atoms with E-state index in [0.29, 0.717) is 4.90 Å². The van der Waals surface area contributed by atoms with Gasteiger partial charge in [0, 0.05) is 5.54 Å². The third kappa shape index (κ3) is 5.33. The van der Waals surface area contributed by atoms with Crippen molar-refractivity contribution in [2.24, 2.45) is 5.41 Å². The van der Waals surface area contributed by atoms with Crippen LogP contribution in [-0.2, 0) is 10.0 Å². The molecule has 0 aromatic heterocycles. The van der Waals surface area contributed by atoms with E-state index in [2.05, 4.69) is 25.5 Å². The molecule has 0 saturated heterocycles. The van der Waals surface area contributed by atoms with Crippen LogP contribution in [0.4, 0.5) is 0 Å². The molecule has 1 N–H and O–H groups in total. The van der Waals surface area contributed by atoms with Gasteiger partial charge in [0.05, 0.1) is 4.90 Å². The third-order valence-electron chi connectivity index (χ3n) is 2.71. The van der Waals surface area contributed by atoms with Crippen LogP contribution in [-0.4, -0.2) is 14.0 Å². The SMILES string of the molecule is Cc1ccc(S(=O)(=O)NC(C)(C)CC(C)(C)C)cc1. The predicted octanol–water partition coefficient (Wildman–Crippen LogP) is 3.49. The Kier molecular flexibility index (Phi) is 4.47. The topological polar surface area (TPSA) is 46.2 Å². The van der Waals surface area contributed by atoms with Crippen molar-refractivity contribution < 1.29 is 8.42 Å². The zero-order valence-corrected chi connectivity index (χ0v) is 13.6. The molecule has 0 aliphatic rings. The van der Waals surface area contributed by atoms with E-state index in [1.165, 1.54) is 0 Å². The Labute approximate surface area is 117 Å². The summed E-state index contributed by atoms with van der Waals surface area (Å²) in [6, 6.07) is 6.91. The minimum absolute atomic E-state index is 0.0687. The normalized spacial score (nSPS) is 13.6. The lowest BCUT2D eigenvalue weighted by Gasteiger charge is -2.32. The molecule has 3 nitrogen and oxygen atoms in total. The summed E-state index contributed by atoms with van der Waals surface area (Å²) in [5, 5.41) is 0. The second kappa shape index (κ2) is 5.25. The van der Waals surface area contributed by atoms with E-state index in [1.54, 1.807) is 12.1 Å². The summed E-state index contributed by atoms with van der Waals surface area (Å²) in [6.45, 7) is 12.1. The first kappa shape index (κ1) is 16.2. The Morgan fingerprint density at radius 2 is 1.47 bits per heavy atom. The number of hydrogen-bond acceptors (Lipinski definition) is 2. The van der Waals surface area contributed by atoms with Crippen LogP contribution in [0.5, 0.6) is 0 Å². The van der Waals surface area contributed by atoms with E-state index in [9.17, 15) is 8.42 Å². The fourth-order valence-electron chi connectivity index (χ4n) is 2.50. The van der Waals surface area contributed by atoms with Gasteiger partial charge in [-0.1, -0.05) is 38.5 Å². The minimum atomic E-state index is -3.46. The number of aryl methyl sites for hydroxylation is 1. The van der Waals surface area contributed by atoms with Gasteiger partial charge in [-0.2, -0.15) is 0 Å². The van der Waals surface area contributed by atoms with Crippen molar-refractivity contribution in [1.82, 2.24) is 4.72 Å². The van der Waals surface area contributed by atoms with Gasteiger partial charge in [-0.05, 0) is 44.7 Å². The van der Waals surface area contributed by atoms with E-state index >= 15 is 0 Å². The van der Waals surface area contributed by atoms with Crippen LogP contribution in [0.15, 0.2) is 29.2 Å².